The Morgan fingerprint density at radius 1 is 1.08 bits per heavy atom. The Labute approximate surface area is 225 Å². The molecule has 1 aromatic heterocycles. The molecule has 0 bridgehead atoms. The van der Waals surface area contributed by atoms with E-state index >= 15 is 0 Å². The van der Waals surface area contributed by atoms with Crippen LogP contribution in [0.2, 0.25) is 0 Å². The minimum Gasteiger partial charge on any atom is -0.467 e. The number of hydrogen-bond donors (Lipinski definition) is 0. The number of rotatable bonds is 8. The largest absolute Gasteiger partial charge is 0.467 e. The molecule has 0 amide bonds. The highest BCUT2D eigenvalue weighted by atomic mass is 16.6. The van der Waals surface area contributed by atoms with E-state index < -0.39 is 17.7 Å². The molecule has 7 heteroatoms. The topological polar surface area (TPSA) is 70.0 Å². The summed E-state index contributed by atoms with van der Waals surface area (Å²) in [5, 5.41) is 0.893. The molecule has 0 saturated carbocycles. The fourth-order valence-corrected chi connectivity index (χ4v) is 5.29. The molecule has 1 atom stereocenters. The summed E-state index contributed by atoms with van der Waals surface area (Å²) in [6.07, 6.45) is 0.826. The predicted molar refractivity (Wildman–Crippen MR) is 151 cm³/mol. The van der Waals surface area contributed by atoms with Crippen molar-refractivity contribution in [2.45, 2.75) is 72.6 Å². The zero-order valence-electron chi connectivity index (χ0n) is 23.9. The maximum absolute atomic E-state index is 13.3. The zero-order chi connectivity index (χ0) is 27.8. The van der Waals surface area contributed by atoms with Gasteiger partial charge in [0.25, 0.3) is 0 Å². The molecule has 4 rings (SSSR count). The average Bonchev–Trinajstić information content (AvgIpc) is 3.25. The third-order valence-corrected chi connectivity index (χ3v) is 7.09. The molecule has 0 unspecified atom stereocenters. The van der Waals surface area contributed by atoms with E-state index in [0.717, 1.165) is 63.8 Å². The Kier molecular flexibility index (Phi) is 7.88. The van der Waals surface area contributed by atoms with Crippen LogP contribution in [0.3, 0.4) is 0 Å². The Morgan fingerprint density at radius 3 is 2.37 bits per heavy atom. The molecule has 0 N–H and O–H groups in total. The van der Waals surface area contributed by atoms with Gasteiger partial charge in [0.15, 0.2) is 6.10 Å². The smallest absolute Gasteiger partial charge is 0.354 e. The number of esters is 2. The second-order valence-electron chi connectivity index (χ2n) is 11.1. The highest BCUT2D eigenvalue weighted by molar-refractivity contribution is 6.10. The summed E-state index contributed by atoms with van der Waals surface area (Å²) in [5.74, 6) is -0.783. The standard InChI is InChI=1S/C31H40N2O5/c1-9-10-17-37-29(34)23-18-22-25(21-13-11-19(2)12-14-21)24(28(30(35)36-8)38-31(4,5)6)20(3)26-27(22)33(23)16-15-32(26)7/h11-14,18,28H,9-10,15-17H2,1-8H3/t28-/m0/s1. The Bertz CT molecular complexity index is 1350. The van der Waals surface area contributed by atoms with Crippen molar-refractivity contribution in [2.75, 3.05) is 32.2 Å². The van der Waals surface area contributed by atoms with Gasteiger partial charge in [0, 0.05) is 31.1 Å². The summed E-state index contributed by atoms with van der Waals surface area (Å²) in [6.45, 7) is 13.7. The minimum absolute atomic E-state index is 0.324. The van der Waals surface area contributed by atoms with E-state index in [4.69, 9.17) is 14.2 Å². The van der Waals surface area contributed by atoms with Crippen molar-refractivity contribution in [3.8, 4) is 11.1 Å². The van der Waals surface area contributed by atoms with Crippen LogP contribution in [0, 0.1) is 13.8 Å². The number of anilines is 1. The fourth-order valence-electron chi connectivity index (χ4n) is 5.29. The highest BCUT2D eigenvalue weighted by Gasteiger charge is 2.37. The lowest BCUT2D eigenvalue weighted by atomic mass is 9.87. The molecule has 2 heterocycles. The van der Waals surface area contributed by atoms with Gasteiger partial charge in [-0.25, -0.2) is 9.59 Å². The lowest BCUT2D eigenvalue weighted by Crippen LogP contribution is -2.32. The number of aromatic nitrogens is 1. The van der Waals surface area contributed by atoms with Gasteiger partial charge in [-0.1, -0.05) is 43.2 Å². The van der Waals surface area contributed by atoms with Gasteiger partial charge in [0.1, 0.15) is 5.69 Å². The number of nitrogens with zero attached hydrogens (tertiary/aromatic N) is 2. The molecular weight excluding hydrogens is 480 g/mol. The highest BCUT2D eigenvalue weighted by Crippen LogP contribution is 2.48. The molecule has 1 aliphatic rings. The Hall–Kier alpha value is -3.32. The van der Waals surface area contributed by atoms with Gasteiger partial charge in [0.05, 0.1) is 30.5 Å². The average molecular weight is 521 g/mol. The molecule has 0 spiro atoms. The van der Waals surface area contributed by atoms with Gasteiger partial charge >= 0.3 is 11.9 Å². The summed E-state index contributed by atoms with van der Waals surface area (Å²) in [7, 11) is 3.43. The van der Waals surface area contributed by atoms with Gasteiger partial charge in [-0.15, -0.1) is 0 Å². The van der Waals surface area contributed by atoms with Crippen LogP contribution < -0.4 is 4.90 Å². The van der Waals surface area contributed by atoms with Crippen molar-refractivity contribution in [2.24, 2.45) is 0 Å². The number of carbonyl (C=O) groups excluding carboxylic acids is 2. The van der Waals surface area contributed by atoms with Gasteiger partial charge in [0.2, 0.25) is 0 Å². The molecular formula is C31H40N2O5. The molecule has 3 aromatic rings. The van der Waals surface area contributed by atoms with Crippen LogP contribution in [0.4, 0.5) is 5.69 Å². The maximum Gasteiger partial charge on any atom is 0.354 e. The number of unbranched alkanes of at least 4 members (excludes halogenated alkanes) is 1. The number of carbonyl (C=O) groups is 2. The van der Waals surface area contributed by atoms with E-state index in [9.17, 15) is 9.59 Å². The summed E-state index contributed by atoms with van der Waals surface area (Å²) in [4.78, 5) is 28.8. The minimum atomic E-state index is -0.949. The van der Waals surface area contributed by atoms with Gasteiger partial charge in [-0.05, 0) is 63.8 Å². The van der Waals surface area contributed by atoms with E-state index in [2.05, 4.69) is 40.7 Å². The molecule has 7 nitrogen and oxygen atoms in total. The Morgan fingerprint density at radius 2 is 1.76 bits per heavy atom. The molecule has 1 aliphatic heterocycles. The van der Waals surface area contributed by atoms with Crippen molar-refractivity contribution in [3.63, 3.8) is 0 Å². The second-order valence-corrected chi connectivity index (χ2v) is 11.1. The van der Waals surface area contributed by atoms with Gasteiger partial charge in [-0.3, -0.25) is 0 Å². The summed E-state index contributed by atoms with van der Waals surface area (Å²) >= 11 is 0. The molecule has 38 heavy (non-hydrogen) atoms. The second kappa shape index (κ2) is 10.8. The first-order valence-electron chi connectivity index (χ1n) is 13.4. The van der Waals surface area contributed by atoms with E-state index in [-0.39, 0.29) is 5.97 Å². The third-order valence-electron chi connectivity index (χ3n) is 7.09. The van der Waals surface area contributed by atoms with Crippen LogP contribution in [0.1, 0.15) is 73.8 Å². The van der Waals surface area contributed by atoms with Crippen molar-refractivity contribution >= 4 is 28.5 Å². The van der Waals surface area contributed by atoms with Gasteiger partial charge in [-0.2, -0.15) is 0 Å². The quantitative estimate of drug-likeness (QED) is 0.254. The van der Waals surface area contributed by atoms with E-state index in [1.807, 2.05) is 47.7 Å². The lowest BCUT2D eigenvalue weighted by molar-refractivity contribution is -0.164. The SMILES string of the molecule is CCCCOC(=O)c1cc2c(-c3ccc(C)cc3)c([C@H](OC(C)(C)C)C(=O)OC)c(C)c3c2n1CCN3C. The number of methoxy groups -OCH3 is 1. The molecule has 2 aromatic carbocycles. The van der Waals surface area contributed by atoms with Crippen LogP contribution in [-0.2, 0) is 25.5 Å². The first kappa shape index (κ1) is 27.7. The predicted octanol–water partition coefficient (Wildman–Crippen LogP) is 6.36. The van der Waals surface area contributed by atoms with Gasteiger partial charge < -0.3 is 23.7 Å². The molecule has 204 valence electrons. The zero-order valence-corrected chi connectivity index (χ0v) is 23.9. The molecule has 0 radical (unpaired) electrons. The Balaban J connectivity index is 2.10. The summed E-state index contributed by atoms with van der Waals surface area (Å²) in [5.41, 5.74) is 6.52. The van der Waals surface area contributed by atoms with Crippen LogP contribution in [0.25, 0.3) is 22.0 Å². The molecule has 0 fully saturated rings. The lowest BCUT2D eigenvalue weighted by Gasteiger charge is -2.34. The van der Waals surface area contributed by atoms with Crippen molar-refractivity contribution in [1.82, 2.24) is 4.57 Å². The molecule has 0 aliphatic carbocycles. The van der Waals surface area contributed by atoms with Crippen molar-refractivity contribution in [3.05, 3.63) is 52.7 Å². The first-order chi connectivity index (χ1) is 18.0. The first-order valence-corrected chi connectivity index (χ1v) is 13.4. The van der Waals surface area contributed by atoms with E-state index in [0.29, 0.717) is 18.8 Å². The van der Waals surface area contributed by atoms with E-state index in [1.165, 1.54) is 7.11 Å². The summed E-state index contributed by atoms with van der Waals surface area (Å²) < 4.78 is 19.4. The summed E-state index contributed by atoms with van der Waals surface area (Å²) in [6, 6.07) is 10.2. The number of ether oxygens (including phenoxy) is 3. The normalized spacial score (nSPS) is 14.1. The third kappa shape index (κ3) is 5.17. The molecule has 0 saturated heterocycles. The van der Waals surface area contributed by atoms with Crippen molar-refractivity contribution in [1.29, 1.82) is 0 Å². The number of hydrogen-bond acceptors (Lipinski definition) is 6. The monoisotopic (exact) mass is 520 g/mol. The fraction of sp³-hybridized carbons (Fsp3) is 0.484. The van der Waals surface area contributed by atoms with Crippen LogP contribution >= 0.6 is 0 Å². The number of aryl methyl sites for hydroxylation is 1. The maximum atomic E-state index is 13.3. The van der Waals surface area contributed by atoms with Crippen molar-refractivity contribution < 1.29 is 23.8 Å². The number of benzene rings is 2. The van der Waals surface area contributed by atoms with Crippen LogP contribution in [-0.4, -0.2) is 49.4 Å². The van der Waals surface area contributed by atoms with Crippen LogP contribution in [0.5, 0.6) is 0 Å². The van der Waals surface area contributed by atoms with E-state index in [1.54, 1.807) is 0 Å². The number of likely N-dealkylation sites (N-methyl/N-ethyl adjacent to an activating group) is 1. The van der Waals surface area contributed by atoms with Crippen LogP contribution in [0.15, 0.2) is 30.3 Å².